The molecule has 0 aliphatic heterocycles. The second-order valence-electron chi connectivity index (χ2n) is 4.29. The Hall–Kier alpha value is -2.77. The lowest BCUT2D eigenvalue weighted by atomic mass is 10.1. The molecular formula is C15H11F4NO3. The van der Waals surface area contributed by atoms with Crippen molar-refractivity contribution in [2.45, 2.75) is 6.61 Å². The van der Waals surface area contributed by atoms with Gasteiger partial charge in [0.1, 0.15) is 11.6 Å². The van der Waals surface area contributed by atoms with Crippen molar-refractivity contribution >= 4 is 11.6 Å². The molecule has 1 N–H and O–H groups in total. The quantitative estimate of drug-likeness (QED) is 0.848. The minimum absolute atomic E-state index is 0.0856. The summed E-state index contributed by atoms with van der Waals surface area (Å²) < 4.78 is 60.6. The van der Waals surface area contributed by atoms with Gasteiger partial charge in [0, 0.05) is 6.07 Å². The van der Waals surface area contributed by atoms with Crippen molar-refractivity contribution in [2.24, 2.45) is 0 Å². The lowest BCUT2D eigenvalue weighted by molar-refractivity contribution is -0.0515. The summed E-state index contributed by atoms with van der Waals surface area (Å²) in [5, 5.41) is 2.16. The summed E-state index contributed by atoms with van der Waals surface area (Å²) in [5.41, 5.74) is -0.587. The van der Waals surface area contributed by atoms with Crippen LogP contribution in [0, 0.1) is 11.6 Å². The lowest BCUT2D eigenvalue weighted by Crippen LogP contribution is -2.16. The third-order valence-corrected chi connectivity index (χ3v) is 2.83. The van der Waals surface area contributed by atoms with E-state index in [0.717, 1.165) is 12.1 Å². The molecule has 1 amide bonds. The van der Waals surface area contributed by atoms with E-state index in [4.69, 9.17) is 4.74 Å². The predicted octanol–water partition coefficient (Wildman–Crippen LogP) is 3.83. The number of ether oxygens (including phenoxy) is 2. The highest BCUT2D eigenvalue weighted by Crippen LogP contribution is 2.33. The van der Waals surface area contributed by atoms with Gasteiger partial charge in [-0.25, -0.2) is 8.78 Å². The van der Waals surface area contributed by atoms with Crippen LogP contribution in [0.25, 0.3) is 0 Å². The number of anilines is 1. The maximum absolute atomic E-state index is 13.6. The van der Waals surface area contributed by atoms with Crippen molar-refractivity contribution in [3.05, 3.63) is 53.6 Å². The molecule has 8 heteroatoms. The molecule has 0 aromatic heterocycles. The number of alkyl halides is 2. The Morgan fingerprint density at radius 3 is 2.52 bits per heavy atom. The first-order valence-corrected chi connectivity index (χ1v) is 6.30. The zero-order valence-electron chi connectivity index (χ0n) is 11.8. The topological polar surface area (TPSA) is 47.6 Å². The molecule has 0 atom stereocenters. The van der Waals surface area contributed by atoms with Crippen molar-refractivity contribution in [3.63, 3.8) is 0 Å². The average molecular weight is 329 g/mol. The number of halogens is 4. The van der Waals surface area contributed by atoms with Crippen LogP contribution in [-0.4, -0.2) is 19.6 Å². The molecule has 0 aliphatic carbocycles. The lowest BCUT2D eigenvalue weighted by Gasteiger charge is -2.14. The minimum atomic E-state index is -3.18. The molecule has 4 nitrogen and oxygen atoms in total. The number of hydrogen-bond acceptors (Lipinski definition) is 3. The monoisotopic (exact) mass is 329 g/mol. The second-order valence-corrected chi connectivity index (χ2v) is 4.29. The first-order chi connectivity index (χ1) is 10.9. The van der Waals surface area contributed by atoms with Crippen molar-refractivity contribution in [2.75, 3.05) is 12.4 Å². The van der Waals surface area contributed by atoms with E-state index in [9.17, 15) is 22.4 Å². The van der Waals surface area contributed by atoms with Gasteiger partial charge >= 0.3 is 6.61 Å². The number of benzene rings is 2. The summed E-state index contributed by atoms with van der Waals surface area (Å²) in [6, 6.07) is 6.45. The van der Waals surface area contributed by atoms with Crippen LogP contribution in [-0.2, 0) is 0 Å². The first-order valence-electron chi connectivity index (χ1n) is 6.30. The van der Waals surface area contributed by atoms with Crippen LogP contribution in [0.4, 0.5) is 23.2 Å². The third-order valence-electron chi connectivity index (χ3n) is 2.83. The van der Waals surface area contributed by atoms with Gasteiger partial charge in [-0.05, 0) is 24.3 Å². The van der Waals surface area contributed by atoms with Crippen LogP contribution in [0.5, 0.6) is 11.5 Å². The highest BCUT2D eigenvalue weighted by atomic mass is 19.3. The zero-order valence-corrected chi connectivity index (χ0v) is 11.8. The number of para-hydroxylation sites is 1. The Bertz CT molecular complexity index is 722. The molecule has 0 heterocycles. The summed E-state index contributed by atoms with van der Waals surface area (Å²) in [7, 11) is 1.22. The molecule has 0 bridgehead atoms. The van der Waals surface area contributed by atoms with Crippen LogP contribution in [0.15, 0.2) is 36.4 Å². The Kier molecular flexibility index (Phi) is 5.05. The molecule has 23 heavy (non-hydrogen) atoms. The van der Waals surface area contributed by atoms with E-state index in [1.165, 1.54) is 25.3 Å². The van der Waals surface area contributed by atoms with Crippen molar-refractivity contribution in [1.29, 1.82) is 0 Å². The van der Waals surface area contributed by atoms with Gasteiger partial charge in [0.25, 0.3) is 5.91 Å². The summed E-state index contributed by atoms with van der Waals surface area (Å²) in [6.45, 7) is -3.18. The Labute approximate surface area is 128 Å². The molecule has 0 saturated carbocycles. The fraction of sp³-hybridized carbons (Fsp3) is 0.133. The fourth-order valence-electron chi connectivity index (χ4n) is 1.85. The van der Waals surface area contributed by atoms with Crippen LogP contribution in [0.3, 0.4) is 0 Å². The summed E-state index contributed by atoms with van der Waals surface area (Å²) in [6.07, 6.45) is 0. The van der Waals surface area contributed by atoms with Gasteiger partial charge in [0.05, 0.1) is 18.4 Å². The molecule has 0 saturated heterocycles. The van der Waals surface area contributed by atoms with E-state index in [1.807, 2.05) is 0 Å². The second kappa shape index (κ2) is 6.99. The van der Waals surface area contributed by atoms with Gasteiger partial charge in [0.2, 0.25) is 0 Å². The fourth-order valence-corrected chi connectivity index (χ4v) is 1.85. The first kappa shape index (κ1) is 16.6. The van der Waals surface area contributed by atoms with Gasteiger partial charge in [-0.3, -0.25) is 4.79 Å². The van der Waals surface area contributed by atoms with E-state index in [0.29, 0.717) is 6.07 Å². The highest BCUT2D eigenvalue weighted by molar-refractivity contribution is 6.06. The SMILES string of the molecule is COc1cccc(C(=O)Nc2ccc(F)cc2F)c1OC(F)F. The molecule has 0 fully saturated rings. The average Bonchev–Trinajstić information content (AvgIpc) is 2.49. The molecule has 0 unspecified atom stereocenters. The standard InChI is InChI=1S/C15H11F4NO3/c1-22-12-4-2-3-9(13(12)23-15(18)19)14(21)20-11-6-5-8(16)7-10(11)17/h2-7,15H,1H3,(H,20,21). The van der Waals surface area contributed by atoms with E-state index in [2.05, 4.69) is 10.1 Å². The molecule has 0 aliphatic rings. The largest absolute Gasteiger partial charge is 0.493 e. The van der Waals surface area contributed by atoms with Crippen molar-refractivity contribution < 1.29 is 31.8 Å². The van der Waals surface area contributed by atoms with Gasteiger partial charge in [-0.1, -0.05) is 6.07 Å². The van der Waals surface area contributed by atoms with E-state index in [1.54, 1.807) is 0 Å². The van der Waals surface area contributed by atoms with Crippen LogP contribution >= 0.6 is 0 Å². The van der Waals surface area contributed by atoms with Gasteiger partial charge in [0.15, 0.2) is 11.5 Å². The number of hydrogen-bond donors (Lipinski definition) is 1. The van der Waals surface area contributed by atoms with Gasteiger partial charge < -0.3 is 14.8 Å². The normalized spacial score (nSPS) is 10.5. The number of carbonyl (C=O) groups excluding carboxylic acids is 1. The molecule has 2 rings (SSSR count). The Balaban J connectivity index is 2.35. The predicted molar refractivity (Wildman–Crippen MR) is 73.9 cm³/mol. The number of carbonyl (C=O) groups is 1. The summed E-state index contributed by atoms with van der Waals surface area (Å²) >= 11 is 0. The Morgan fingerprint density at radius 1 is 1.17 bits per heavy atom. The number of nitrogens with one attached hydrogen (secondary N) is 1. The Morgan fingerprint density at radius 2 is 1.91 bits per heavy atom. The van der Waals surface area contributed by atoms with Crippen LogP contribution < -0.4 is 14.8 Å². The number of methoxy groups -OCH3 is 1. The van der Waals surface area contributed by atoms with Crippen LogP contribution in [0.1, 0.15) is 10.4 Å². The van der Waals surface area contributed by atoms with Crippen molar-refractivity contribution in [1.82, 2.24) is 0 Å². The van der Waals surface area contributed by atoms with Crippen LogP contribution in [0.2, 0.25) is 0 Å². The number of amides is 1. The smallest absolute Gasteiger partial charge is 0.387 e. The highest BCUT2D eigenvalue weighted by Gasteiger charge is 2.21. The number of rotatable bonds is 5. The third kappa shape index (κ3) is 3.91. The molecule has 0 radical (unpaired) electrons. The van der Waals surface area contributed by atoms with Gasteiger partial charge in [-0.15, -0.1) is 0 Å². The summed E-state index contributed by atoms with van der Waals surface area (Å²) in [4.78, 5) is 12.2. The maximum atomic E-state index is 13.6. The molecular weight excluding hydrogens is 318 g/mol. The molecule has 2 aromatic rings. The van der Waals surface area contributed by atoms with E-state index < -0.39 is 29.9 Å². The van der Waals surface area contributed by atoms with Gasteiger partial charge in [-0.2, -0.15) is 8.78 Å². The molecule has 122 valence electrons. The summed E-state index contributed by atoms with van der Waals surface area (Å²) in [5.74, 6) is -3.30. The van der Waals surface area contributed by atoms with E-state index in [-0.39, 0.29) is 17.0 Å². The van der Waals surface area contributed by atoms with E-state index >= 15 is 0 Å². The molecule has 0 spiro atoms. The maximum Gasteiger partial charge on any atom is 0.387 e. The minimum Gasteiger partial charge on any atom is -0.493 e. The zero-order chi connectivity index (χ0) is 17.0. The van der Waals surface area contributed by atoms with Crippen molar-refractivity contribution in [3.8, 4) is 11.5 Å². The molecule has 2 aromatic carbocycles.